The number of hydrogen-bond acceptors (Lipinski definition) is 4. The maximum atomic E-state index is 12.1. The quantitative estimate of drug-likeness (QED) is 0.807. The van der Waals surface area contributed by atoms with Gasteiger partial charge in [-0.1, -0.05) is 30.3 Å². The van der Waals surface area contributed by atoms with Crippen molar-refractivity contribution < 1.29 is 19.8 Å². The molecule has 0 radical (unpaired) electrons. The number of aliphatic hydroxyl groups excluding tert-OH is 1. The van der Waals surface area contributed by atoms with Crippen LogP contribution in [-0.2, 0) is 16.1 Å². The Bertz CT molecular complexity index is 513. The molecule has 0 aromatic heterocycles. The van der Waals surface area contributed by atoms with E-state index in [4.69, 9.17) is 10.2 Å². The monoisotopic (exact) mass is 262 g/mol. The summed E-state index contributed by atoms with van der Waals surface area (Å²) in [5.41, 5.74) is 0.670. The maximum absolute atomic E-state index is 12.1. The topological polar surface area (TPSA) is 90.2 Å². The first kappa shape index (κ1) is 13.2. The zero-order valence-corrected chi connectivity index (χ0v) is 10.2. The zero-order valence-electron chi connectivity index (χ0n) is 10.2. The fourth-order valence-electron chi connectivity index (χ4n) is 2.00. The van der Waals surface area contributed by atoms with Crippen LogP contribution in [0.4, 0.5) is 0 Å². The highest BCUT2D eigenvalue weighted by molar-refractivity contribution is 6.41. The molecule has 2 rings (SSSR count). The third-order valence-electron chi connectivity index (χ3n) is 2.92. The number of nitrogens with zero attached hydrogens (tertiary/aromatic N) is 2. The molecule has 0 bridgehead atoms. The van der Waals surface area contributed by atoms with Gasteiger partial charge in [0, 0.05) is 6.61 Å². The third-order valence-corrected chi connectivity index (χ3v) is 2.92. The summed E-state index contributed by atoms with van der Waals surface area (Å²) >= 11 is 0. The van der Waals surface area contributed by atoms with Crippen LogP contribution >= 0.6 is 0 Å². The Hall–Kier alpha value is -2.21. The van der Waals surface area contributed by atoms with Crippen LogP contribution < -0.4 is 0 Å². The van der Waals surface area contributed by atoms with Gasteiger partial charge in [0.25, 0.3) is 5.91 Å². The Balaban J connectivity index is 2.18. The van der Waals surface area contributed by atoms with Gasteiger partial charge in [-0.3, -0.25) is 4.79 Å². The number of carbonyl (C=O) groups excluding carboxylic acids is 1. The van der Waals surface area contributed by atoms with Gasteiger partial charge in [0.05, 0.1) is 12.5 Å². The van der Waals surface area contributed by atoms with E-state index < -0.39 is 11.9 Å². The predicted molar refractivity (Wildman–Crippen MR) is 67.3 cm³/mol. The minimum atomic E-state index is -1.22. The van der Waals surface area contributed by atoms with Gasteiger partial charge >= 0.3 is 5.97 Å². The largest absolute Gasteiger partial charge is 0.477 e. The number of aliphatic hydroxyl groups is 1. The van der Waals surface area contributed by atoms with Crippen LogP contribution in [-0.4, -0.2) is 39.4 Å². The average molecular weight is 262 g/mol. The molecule has 1 amide bonds. The Morgan fingerprint density at radius 3 is 2.58 bits per heavy atom. The molecular weight excluding hydrogens is 248 g/mol. The molecule has 1 atom stereocenters. The maximum Gasteiger partial charge on any atom is 0.352 e. The van der Waals surface area contributed by atoms with E-state index >= 15 is 0 Å². The first-order valence-electron chi connectivity index (χ1n) is 5.91. The lowest BCUT2D eigenvalue weighted by Crippen LogP contribution is -2.30. The molecule has 2 N–H and O–H groups in total. The minimum Gasteiger partial charge on any atom is -0.477 e. The van der Waals surface area contributed by atoms with Crippen LogP contribution in [0.2, 0.25) is 0 Å². The number of benzene rings is 1. The van der Waals surface area contributed by atoms with Gasteiger partial charge < -0.3 is 10.2 Å². The standard InChI is InChI=1S/C13H14N2O4/c16-7-6-10-11(13(18)19)14-15(12(10)17)8-9-4-2-1-3-5-9/h1-5,10,16H,6-8H2,(H,18,19)/t10-/m1/s1. The molecule has 19 heavy (non-hydrogen) atoms. The summed E-state index contributed by atoms with van der Waals surface area (Å²) in [5, 5.41) is 22.9. The Kier molecular flexibility index (Phi) is 3.91. The van der Waals surface area contributed by atoms with Crippen molar-refractivity contribution in [3.05, 3.63) is 35.9 Å². The van der Waals surface area contributed by atoms with Crippen LogP contribution in [0, 0.1) is 5.92 Å². The van der Waals surface area contributed by atoms with E-state index in [0.717, 1.165) is 10.6 Å². The molecular formula is C13H14N2O4. The SMILES string of the molecule is O=C(O)C1=NN(Cc2ccccc2)C(=O)[C@@H]1CCO. The molecule has 1 aromatic carbocycles. The number of carboxylic acids is 1. The van der Waals surface area contributed by atoms with E-state index in [1.54, 1.807) is 0 Å². The van der Waals surface area contributed by atoms with Gasteiger partial charge in [0.2, 0.25) is 0 Å². The van der Waals surface area contributed by atoms with Crippen LogP contribution in [0.15, 0.2) is 35.4 Å². The van der Waals surface area contributed by atoms with Crippen LogP contribution in [0.1, 0.15) is 12.0 Å². The van der Waals surface area contributed by atoms with E-state index in [0.29, 0.717) is 0 Å². The highest BCUT2D eigenvalue weighted by atomic mass is 16.4. The zero-order chi connectivity index (χ0) is 13.8. The molecule has 6 heteroatoms. The number of carbonyl (C=O) groups is 2. The third kappa shape index (κ3) is 2.79. The summed E-state index contributed by atoms with van der Waals surface area (Å²) in [4.78, 5) is 23.1. The summed E-state index contributed by atoms with van der Waals surface area (Å²) in [5.74, 6) is -2.45. The van der Waals surface area contributed by atoms with E-state index in [9.17, 15) is 9.59 Å². The molecule has 0 saturated carbocycles. The second kappa shape index (κ2) is 5.62. The molecule has 1 aliphatic rings. The Labute approximate surface area is 110 Å². The Morgan fingerprint density at radius 2 is 2.00 bits per heavy atom. The number of hydrogen-bond donors (Lipinski definition) is 2. The van der Waals surface area contributed by atoms with Crippen molar-refractivity contribution in [3.8, 4) is 0 Å². The van der Waals surface area contributed by atoms with Gasteiger partial charge in [-0.25, -0.2) is 9.80 Å². The summed E-state index contributed by atoms with van der Waals surface area (Å²) in [7, 11) is 0. The second-order valence-corrected chi connectivity index (χ2v) is 4.24. The number of hydrazone groups is 1. The summed E-state index contributed by atoms with van der Waals surface area (Å²) < 4.78 is 0. The van der Waals surface area contributed by atoms with Gasteiger partial charge in [0.15, 0.2) is 5.71 Å². The van der Waals surface area contributed by atoms with Crippen molar-refractivity contribution in [2.75, 3.05) is 6.61 Å². The van der Waals surface area contributed by atoms with Crippen LogP contribution in [0.5, 0.6) is 0 Å². The highest BCUT2D eigenvalue weighted by Crippen LogP contribution is 2.21. The fraction of sp³-hybridized carbons (Fsp3) is 0.308. The molecule has 1 aliphatic heterocycles. The van der Waals surface area contributed by atoms with E-state index in [1.807, 2.05) is 30.3 Å². The van der Waals surface area contributed by atoms with Crippen molar-refractivity contribution in [2.24, 2.45) is 11.0 Å². The number of rotatable bonds is 5. The van der Waals surface area contributed by atoms with Gasteiger partial charge in [0.1, 0.15) is 0 Å². The molecule has 0 fully saturated rings. The summed E-state index contributed by atoms with van der Waals surface area (Å²) in [6.07, 6.45) is 0.0786. The van der Waals surface area contributed by atoms with E-state index in [2.05, 4.69) is 5.10 Å². The van der Waals surface area contributed by atoms with Crippen molar-refractivity contribution in [1.29, 1.82) is 0 Å². The predicted octanol–water partition coefficient (Wildman–Crippen LogP) is 0.468. The summed E-state index contributed by atoms with van der Waals surface area (Å²) in [6, 6.07) is 9.20. The van der Waals surface area contributed by atoms with Crippen LogP contribution in [0.25, 0.3) is 0 Å². The molecule has 0 unspecified atom stereocenters. The highest BCUT2D eigenvalue weighted by Gasteiger charge is 2.38. The molecule has 0 aliphatic carbocycles. The lowest BCUT2D eigenvalue weighted by molar-refractivity contribution is -0.134. The van der Waals surface area contributed by atoms with Crippen molar-refractivity contribution in [3.63, 3.8) is 0 Å². The molecule has 0 saturated heterocycles. The van der Waals surface area contributed by atoms with Gasteiger partial charge in [-0.2, -0.15) is 5.10 Å². The number of aliphatic carboxylic acids is 1. The first-order chi connectivity index (χ1) is 9.13. The lowest BCUT2D eigenvalue weighted by Gasteiger charge is -2.13. The molecule has 1 heterocycles. The smallest absolute Gasteiger partial charge is 0.352 e. The molecule has 0 spiro atoms. The van der Waals surface area contributed by atoms with Crippen molar-refractivity contribution in [2.45, 2.75) is 13.0 Å². The summed E-state index contributed by atoms with van der Waals surface area (Å²) in [6.45, 7) is -0.0136. The average Bonchev–Trinajstić information content (AvgIpc) is 2.70. The van der Waals surface area contributed by atoms with E-state index in [-0.39, 0.29) is 31.2 Å². The van der Waals surface area contributed by atoms with Gasteiger partial charge in [-0.05, 0) is 12.0 Å². The fourth-order valence-corrected chi connectivity index (χ4v) is 2.00. The first-order valence-corrected chi connectivity index (χ1v) is 5.91. The Morgan fingerprint density at radius 1 is 1.32 bits per heavy atom. The lowest BCUT2D eigenvalue weighted by atomic mass is 10.00. The normalized spacial score (nSPS) is 18.6. The van der Waals surface area contributed by atoms with Crippen molar-refractivity contribution in [1.82, 2.24) is 5.01 Å². The van der Waals surface area contributed by atoms with E-state index in [1.165, 1.54) is 0 Å². The number of carboxylic acid groups (broad SMARTS) is 1. The minimum absolute atomic E-state index is 0.0786. The van der Waals surface area contributed by atoms with Crippen molar-refractivity contribution >= 4 is 17.6 Å². The number of amides is 1. The molecule has 1 aromatic rings. The molecule has 6 nitrogen and oxygen atoms in total. The van der Waals surface area contributed by atoms with Gasteiger partial charge in [-0.15, -0.1) is 0 Å². The van der Waals surface area contributed by atoms with Crippen LogP contribution in [0.3, 0.4) is 0 Å². The molecule has 100 valence electrons. The second-order valence-electron chi connectivity index (χ2n) is 4.24.